The van der Waals surface area contributed by atoms with Crippen LogP contribution in [0, 0.1) is 11.6 Å². The first-order valence-corrected chi connectivity index (χ1v) is 10.9. The van der Waals surface area contributed by atoms with Gasteiger partial charge < -0.3 is 18.6 Å². The summed E-state index contributed by atoms with van der Waals surface area (Å²) >= 11 is 0. The van der Waals surface area contributed by atoms with E-state index < -0.39 is 27.5 Å². The number of nitrogens with zero attached hydrogens (tertiary/aromatic N) is 2. The zero-order valence-corrected chi connectivity index (χ0v) is 20.8. The molecule has 0 saturated carbocycles. The number of aryl methyl sites for hydroxylation is 1. The number of aromatic nitrogens is 2. The van der Waals surface area contributed by atoms with Crippen molar-refractivity contribution < 1.29 is 60.8 Å². The zero-order chi connectivity index (χ0) is 23.0. The van der Waals surface area contributed by atoms with E-state index in [9.17, 15) is 21.8 Å². The largest absolute Gasteiger partial charge is 1.00 e. The summed E-state index contributed by atoms with van der Waals surface area (Å²) in [4.78, 5) is 4.19. The predicted octanol–water partition coefficient (Wildman–Crippen LogP) is 1.37. The van der Waals surface area contributed by atoms with Gasteiger partial charge >= 0.3 is 29.6 Å². The molecule has 0 unspecified atom stereocenters. The van der Waals surface area contributed by atoms with Gasteiger partial charge in [-0.05, 0) is 35.9 Å². The van der Waals surface area contributed by atoms with E-state index in [2.05, 4.69) is 4.98 Å². The molecular formula is C22H17F2N2NaO5S. The van der Waals surface area contributed by atoms with E-state index in [0.717, 1.165) is 12.1 Å². The average Bonchev–Trinajstić information content (AvgIpc) is 3.06. The van der Waals surface area contributed by atoms with Crippen LogP contribution >= 0.6 is 0 Å². The second-order valence-corrected chi connectivity index (χ2v) is 8.48. The van der Waals surface area contributed by atoms with Gasteiger partial charge in [0.15, 0.2) is 11.6 Å². The monoisotopic (exact) mass is 482 g/mol. The SMILES string of the molecule is COc1nccc2c(-c3cc(CS(=O)(=O)[O-])ccc3Oc3ccc(F)cc3F)cn(C)c12.[Na+]. The van der Waals surface area contributed by atoms with E-state index in [1.165, 1.54) is 25.3 Å². The van der Waals surface area contributed by atoms with E-state index in [-0.39, 0.29) is 46.6 Å². The van der Waals surface area contributed by atoms with Gasteiger partial charge in [0, 0.05) is 42.0 Å². The smallest absolute Gasteiger partial charge is 0.748 e. The van der Waals surface area contributed by atoms with Gasteiger partial charge in [-0.1, -0.05) is 6.07 Å². The van der Waals surface area contributed by atoms with Crippen molar-refractivity contribution in [1.82, 2.24) is 9.55 Å². The minimum Gasteiger partial charge on any atom is -0.748 e. The number of ether oxygens (including phenoxy) is 2. The number of fused-ring (bicyclic) bond motifs is 1. The molecule has 0 radical (unpaired) electrons. The minimum absolute atomic E-state index is 0. The van der Waals surface area contributed by atoms with E-state index in [4.69, 9.17) is 9.47 Å². The second kappa shape index (κ2) is 9.78. The molecule has 0 fully saturated rings. The van der Waals surface area contributed by atoms with Crippen LogP contribution in [0.5, 0.6) is 17.4 Å². The van der Waals surface area contributed by atoms with Crippen molar-refractivity contribution in [3.8, 4) is 28.5 Å². The van der Waals surface area contributed by atoms with Crippen molar-refractivity contribution in [1.29, 1.82) is 0 Å². The number of pyridine rings is 1. The van der Waals surface area contributed by atoms with Gasteiger partial charge in [0.25, 0.3) is 0 Å². The normalized spacial score (nSPS) is 11.3. The predicted molar refractivity (Wildman–Crippen MR) is 113 cm³/mol. The third kappa shape index (κ3) is 5.36. The van der Waals surface area contributed by atoms with Crippen LogP contribution in [0.2, 0.25) is 0 Å². The quantitative estimate of drug-likeness (QED) is 0.305. The Labute approximate surface area is 211 Å². The molecule has 0 atom stereocenters. The van der Waals surface area contributed by atoms with E-state index in [1.54, 1.807) is 30.1 Å². The molecule has 0 N–H and O–H groups in total. The van der Waals surface area contributed by atoms with Crippen LogP contribution in [-0.4, -0.2) is 29.6 Å². The molecule has 0 bridgehead atoms. The summed E-state index contributed by atoms with van der Waals surface area (Å²) in [7, 11) is -1.27. The average molecular weight is 482 g/mol. The summed E-state index contributed by atoms with van der Waals surface area (Å²) in [5.41, 5.74) is 1.94. The van der Waals surface area contributed by atoms with Gasteiger partial charge in [0.05, 0.1) is 23.0 Å². The van der Waals surface area contributed by atoms with Crippen LogP contribution in [-0.2, 0) is 22.9 Å². The molecule has 7 nitrogen and oxygen atoms in total. The zero-order valence-electron chi connectivity index (χ0n) is 18.0. The van der Waals surface area contributed by atoms with Gasteiger partial charge in [-0.25, -0.2) is 22.2 Å². The molecule has 0 aliphatic rings. The molecule has 4 rings (SSSR count). The van der Waals surface area contributed by atoms with E-state index >= 15 is 0 Å². The first-order chi connectivity index (χ1) is 15.2. The van der Waals surface area contributed by atoms with Crippen molar-refractivity contribution in [2.45, 2.75) is 5.75 Å². The Balaban J connectivity index is 0.00000306. The van der Waals surface area contributed by atoms with E-state index in [0.29, 0.717) is 34.0 Å². The number of hydrogen-bond donors (Lipinski definition) is 0. The fourth-order valence-electron chi connectivity index (χ4n) is 3.53. The molecule has 2 aromatic carbocycles. The van der Waals surface area contributed by atoms with E-state index in [1.807, 2.05) is 0 Å². The Morgan fingerprint density at radius 1 is 1.06 bits per heavy atom. The summed E-state index contributed by atoms with van der Waals surface area (Å²) in [6.45, 7) is 0. The maximum Gasteiger partial charge on any atom is 1.00 e. The van der Waals surface area contributed by atoms with Crippen molar-refractivity contribution in [3.63, 3.8) is 0 Å². The first-order valence-electron chi connectivity index (χ1n) is 9.34. The summed E-state index contributed by atoms with van der Waals surface area (Å²) in [6.07, 6.45) is 3.31. The molecule has 0 aliphatic heterocycles. The van der Waals surface area contributed by atoms with Gasteiger partial charge in [-0.3, -0.25) is 0 Å². The summed E-state index contributed by atoms with van der Waals surface area (Å²) in [5, 5.41) is 0.714. The molecular weight excluding hydrogens is 465 g/mol. The maximum atomic E-state index is 14.2. The van der Waals surface area contributed by atoms with Crippen molar-refractivity contribution in [2.24, 2.45) is 7.05 Å². The van der Waals surface area contributed by atoms with Crippen LogP contribution in [0.25, 0.3) is 22.0 Å². The van der Waals surface area contributed by atoms with Gasteiger partial charge in [-0.15, -0.1) is 0 Å². The Kier molecular flexibility index (Phi) is 7.45. The molecule has 2 aromatic heterocycles. The van der Waals surface area contributed by atoms with Crippen LogP contribution in [0.3, 0.4) is 0 Å². The molecule has 4 aromatic rings. The Bertz CT molecular complexity index is 1440. The Hall–Kier alpha value is -2.50. The Morgan fingerprint density at radius 3 is 2.45 bits per heavy atom. The standard InChI is InChI=1S/C22H18F2N2O5S.Na/c1-26-11-17(15-7-8-25-22(30-2)21(15)26)16-9-13(12-32(27,28)29)3-5-19(16)31-20-6-4-14(23)10-18(20)24;/h3-11H,12H2,1-2H3,(H,27,28,29);/q;+1/p-1. The molecule has 0 amide bonds. The third-order valence-corrected chi connectivity index (χ3v) is 5.53. The number of methoxy groups -OCH3 is 1. The molecule has 0 aliphatic carbocycles. The number of benzene rings is 2. The third-order valence-electron chi connectivity index (χ3n) is 4.84. The topological polar surface area (TPSA) is 93.5 Å². The van der Waals surface area contributed by atoms with Gasteiger partial charge in [-0.2, -0.15) is 0 Å². The summed E-state index contributed by atoms with van der Waals surface area (Å²) in [5.74, 6) is -2.02. The van der Waals surface area contributed by atoms with Crippen molar-refractivity contribution >= 4 is 21.0 Å². The fourth-order valence-corrected chi connectivity index (χ4v) is 4.12. The summed E-state index contributed by atoms with van der Waals surface area (Å²) in [6, 6.07) is 8.99. The number of halogens is 2. The first kappa shape index (κ1) is 25.1. The van der Waals surface area contributed by atoms with Gasteiger partial charge in [0.2, 0.25) is 5.88 Å². The Morgan fingerprint density at radius 2 is 1.79 bits per heavy atom. The molecule has 0 saturated heterocycles. The van der Waals surface area contributed by atoms with Gasteiger partial charge in [0.1, 0.15) is 17.1 Å². The van der Waals surface area contributed by atoms with Crippen LogP contribution in [0.15, 0.2) is 54.9 Å². The fraction of sp³-hybridized carbons (Fsp3) is 0.136. The number of hydrogen-bond acceptors (Lipinski definition) is 6. The second-order valence-electron chi connectivity index (χ2n) is 7.08. The van der Waals surface area contributed by atoms with Crippen molar-refractivity contribution in [3.05, 3.63) is 72.1 Å². The molecule has 33 heavy (non-hydrogen) atoms. The van der Waals surface area contributed by atoms with Crippen molar-refractivity contribution in [2.75, 3.05) is 7.11 Å². The minimum atomic E-state index is -4.53. The molecule has 11 heteroatoms. The van der Waals surface area contributed by atoms with Crippen LogP contribution < -0.4 is 39.0 Å². The molecule has 166 valence electrons. The van der Waals surface area contributed by atoms with Crippen LogP contribution in [0.1, 0.15) is 5.56 Å². The van der Waals surface area contributed by atoms with Crippen LogP contribution in [0.4, 0.5) is 8.78 Å². The summed E-state index contributed by atoms with van der Waals surface area (Å²) < 4.78 is 74.2. The molecule has 2 heterocycles. The molecule has 0 spiro atoms. The maximum absolute atomic E-state index is 14.2. The number of rotatable bonds is 6.